The molecule has 0 heterocycles. The van der Waals surface area contributed by atoms with Gasteiger partial charge in [0.15, 0.2) is 0 Å². The zero-order chi connectivity index (χ0) is 21.7. The van der Waals surface area contributed by atoms with Crippen molar-refractivity contribution in [2.24, 2.45) is 0 Å². The lowest BCUT2D eigenvalue weighted by molar-refractivity contribution is 1.66. The quantitative estimate of drug-likeness (QED) is 0.263. The van der Waals surface area contributed by atoms with Gasteiger partial charge in [-0.05, 0) is 60.6 Å². The third kappa shape index (κ3) is 2.62. The Morgan fingerprint density at radius 2 is 0.967 bits per heavy atom. The van der Waals surface area contributed by atoms with Gasteiger partial charge in [-0.1, -0.05) is 115 Å². The third-order valence-corrected chi connectivity index (χ3v) is 5.91. The first-order valence-corrected chi connectivity index (χ1v) is 10.2. The topological polar surface area (TPSA) is 0 Å². The van der Waals surface area contributed by atoms with Crippen molar-refractivity contribution in [3.8, 4) is 22.3 Å². The lowest BCUT2D eigenvalue weighted by Crippen LogP contribution is -1.90. The number of hydrogen-bond acceptors (Lipinski definition) is 0. The molecule has 0 aliphatic rings. The maximum absolute atomic E-state index is 8.35. The molecule has 0 saturated heterocycles. The Kier molecular flexibility index (Phi) is 3.43. The minimum Gasteiger partial charge on any atom is -0.0622 e. The van der Waals surface area contributed by atoms with E-state index in [1.54, 1.807) is 0 Å². The monoisotopic (exact) mass is 382 g/mol. The van der Waals surface area contributed by atoms with Gasteiger partial charge in [-0.25, -0.2) is 0 Å². The second-order valence-corrected chi connectivity index (χ2v) is 7.62. The molecule has 0 nitrogen and oxygen atoms in total. The van der Waals surface area contributed by atoms with Crippen molar-refractivity contribution in [2.75, 3.05) is 0 Å². The average molecular weight is 383 g/mol. The second-order valence-electron chi connectivity index (χ2n) is 7.62. The Bertz CT molecular complexity index is 1630. The Balaban J connectivity index is 1.82. The van der Waals surface area contributed by atoms with E-state index in [4.69, 9.17) is 2.74 Å². The average Bonchev–Trinajstić information content (AvgIpc) is 2.83. The molecule has 0 saturated carbocycles. The van der Waals surface area contributed by atoms with Crippen LogP contribution in [0.15, 0.2) is 121 Å². The van der Waals surface area contributed by atoms with Crippen LogP contribution in [0.1, 0.15) is 2.74 Å². The van der Waals surface area contributed by atoms with E-state index < -0.39 is 0 Å². The largest absolute Gasteiger partial charge is 0.0623 e. The lowest BCUT2D eigenvalue weighted by Gasteiger charge is -2.18. The van der Waals surface area contributed by atoms with E-state index in [1.165, 1.54) is 10.8 Å². The van der Waals surface area contributed by atoms with Crippen LogP contribution in [0.3, 0.4) is 0 Å². The van der Waals surface area contributed by atoms with Gasteiger partial charge in [-0.3, -0.25) is 0 Å². The first-order valence-electron chi connectivity index (χ1n) is 11.2. The zero-order valence-corrected chi connectivity index (χ0v) is 16.4. The van der Waals surface area contributed by atoms with E-state index in [2.05, 4.69) is 66.7 Å². The summed E-state index contributed by atoms with van der Waals surface area (Å²) in [5.41, 5.74) is 4.49. The van der Waals surface area contributed by atoms with Gasteiger partial charge >= 0.3 is 0 Å². The molecule has 0 bridgehead atoms. The molecule has 0 heteroatoms. The van der Waals surface area contributed by atoms with E-state index in [9.17, 15) is 0 Å². The van der Waals surface area contributed by atoms with Crippen molar-refractivity contribution in [1.29, 1.82) is 0 Å². The Labute approximate surface area is 178 Å². The Morgan fingerprint density at radius 1 is 0.400 bits per heavy atom. The molecule has 0 aliphatic carbocycles. The molecule has 0 amide bonds. The maximum atomic E-state index is 8.35. The van der Waals surface area contributed by atoms with Crippen LogP contribution in [0, 0.1) is 0 Å². The first-order chi connectivity index (χ1) is 15.7. The predicted octanol–water partition coefficient (Wildman–Crippen LogP) is 8.48. The predicted molar refractivity (Wildman–Crippen MR) is 130 cm³/mol. The summed E-state index contributed by atoms with van der Waals surface area (Å²) in [6.45, 7) is 0. The van der Waals surface area contributed by atoms with Crippen LogP contribution in [0.5, 0.6) is 0 Å². The highest BCUT2D eigenvalue weighted by molar-refractivity contribution is 6.21. The van der Waals surface area contributed by atoms with Crippen molar-refractivity contribution in [3.05, 3.63) is 121 Å². The van der Waals surface area contributed by atoms with Crippen LogP contribution >= 0.6 is 0 Å². The van der Waals surface area contributed by atoms with Crippen LogP contribution < -0.4 is 0 Å². The summed E-state index contributed by atoms with van der Waals surface area (Å²) in [5.74, 6) is 0. The molecule has 30 heavy (non-hydrogen) atoms. The van der Waals surface area contributed by atoms with Crippen LogP contribution in [0.2, 0.25) is 0 Å². The standard InChI is InChI=1S/C30H20/c1-2-11-22(12-3-1)29-25-14-6-8-16-27(25)30(28-17-9-7-15-26(28)29)24-19-18-21-10-4-5-13-23(21)20-24/h1-20H/i6D,9D. The van der Waals surface area contributed by atoms with Gasteiger partial charge in [0.2, 0.25) is 0 Å². The fraction of sp³-hybridized carbons (Fsp3) is 0. The molecule has 0 unspecified atom stereocenters. The molecule has 0 radical (unpaired) electrons. The summed E-state index contributed by atoms with van der Waals surface area (Å²) in [5, 5.41) is 6.74. The summed E-state index contributed by atoms with van der Waals surface area (Å²) >= 11 is 0. The highest BCUT2D eigenvalue weighted by Gasteiger charge is 2.16. The van der Waals surface area contributed by atoms with E-state index in [1.807, 2.05) is 42.5 Å². The molecule has 0 aromatic heterocycles. The third-order valence-electron chi connectivity index (χ3n) is 5.91. The van der Waals surface area contributed by atoms with Crippen molar-refractivity contribution in [3.63, 3.8) is 0 Å². The molecular weight excluding hydrogens is 360 g/mol. The van der Waals surface area contributed by atoms with E-state index >= 15 is 0 Å². The fourth-order valence-corrected chi connectivity index (χ4v) is 4.57. The van der Waals surface area contributed by atoms with Crippen molar-refractivity contribution in [1.82, 2.24) is 0 Å². The second kappa shape index (κ2) is 6.86. The molecule has 6 aromatic rings. The van der Waals surface area contributed by atoms with Crippen molar-refractivity contribution < 1.29 is 2.74 Å². The zero-order valence-electron chi connectivity index (χ0n) is 18.4. The van der Waals surface area contributed by atoms with Gasteiger partial charge in [0.25, 0.3) is 0 Å². The van der Waals surface area contributed by atoms with Crippen molar-refractivity contribution in [2.45, 2.75) is 0 Å². The van der Waals surface area contributed by atoms with Crippen LogP contribution in [-0.2, 0) is 0 Å². The highest BCUT2D eigenvalue weighted by atomic mass is 14.2. The molecule has 0 spiro atoms. The summed E-state index contributed by atoms with van der Waals surface area (Å²) < 4.78 is 16.7. The van der Waals surface area contributed by atoms with Gasteiger partial charge < -0.3 is 0 Å². The SMILES string of the molecule is [2H]c1ccc2c(-c3ccc4ccccc4c3)c3cc([2H])ccc3c(-c3ccccc3)c2c1. The van der Waals surface area contributed by atoms with Crippen LogP contribution in [-0.4, -0.2) is 0 Å². The smallest absolute Gasteiger partial charge is 0.0622 e. The molecule has 0 atom stereocenters. The normalized spacial score (nSPS) is 12.3. The number of hydrogen-bond donors (Lipinski definition) is 0. The van der Waals surface area contributed by atoms with Crippen molar-refractivity contribution >= 4 is 32.3 Å². The molecule has 6 aromatic carbocycles. The summed E-state index contributed by atoms with van der Waals surface area (Å²) in [6, 6.07) is 38.1. The highest BCUT2D eigenvalue weighted by Crippen LogP contribution is 2.43. The minimum atomic E-state index is 0.495. The van der Waals surface area contributed by atoms with Gasteiger partial charge in [-0.15, -0.1) is 0 Å². The van der Waals surface area contributed by atoms with E-state index in [0.717, 1.165) is 43.8 Å². The first kappa shape index (κ1) is 15.0. The molecular formula is C30H20. The number of benzene rings is 6. The molecule has 140 valence electrons. The molecule has 0 aliphatic heterocycles. The van der Waals surface area contributed by atoms with Crippen LogP contribution in [0.25, 0.3) is 54.6 Å². The Hall–Kier alpha value is -3.90. The lowest BCUT2D eigenvalue weighted by atomic mass is 9.85. The van der Waals surface area contributed by atoms with E-state index in [0.29, 0.717) is 12.1 Å². The van der Waals surface area contributed by atoms with Gasteiger partial charge in [0, 0.05) is 0 Å². The maximum Gasteiger partial charge on any atom is 0.0623 e. The summed E-state index contributed by atoms with van der Waals surface area (Å²) in [7, 11) is 0. The number of rotatable bonds is 2. The molecule has 0 N–H and O–H groups in total. The van der Waals surface area contributed by atoms with Gasteiger partial charge in [0.1, 0.15) is 0 Å². The van der Waals surface area contributed by atoms with E-state index in [-0.39, 0.29) is 0 Å². The molecule has 0 fully saturated rings. The van der Waals surface area contributed by atoms with Gasteiger partial charge in [0.05, 0.1) is 2.74 Å². The number of fused-ring (bicyclic) bond motifs is 3. The summed E-state index contributed by atoms with van der Waals surface area (Å²) in [6.07, 6.45) is 0. The Morgan fingerprint density at radius 3 is 1.67 bits per heavy atom. The molecule has 6 rings (SSSR count). The fourth-order valence-electron chi connectivity index (χ4n) is 4.57. The minimum absolute atomic E-state index is 0.495. The van der Waals surface area contributed by atoms with Crippen LogP contribution in [0.4, 0.5) is 0 Å². The summed E-state index contributed by atoms with van der Waals surface area (Å²) in [4.78, 5) is 0. The van der Waals surface area contributed by atoms with Gasteiger partial charge in [-0.2, -0.15) is 0 Å².